The summed E-state index contributed by atoms with van der Waals surface area (Å²) in [6.07, 6.45) is 0.137. The van der Waals surface area contributed by atoms with E-state index in [2.05, 4.69) is 0 Å². The molecule has 0 unspecified atom stereocenters. The predicted octanol–water partition coefficient (Wildman–Crippen LogP) is 4.68. The van der Waals surface area contributed by atoms with Gasteiger partial charge in [0, 0.05) is 29.7 Å². The number of imidazole rings is 1. The summed E-state index contributed by atoms with van der Waals surface area (Å²) in [5, 5.41) is 28.9. The molecule has 3 rings (SSSR count). The summed E-state index contributed by atoms with van der Waals surface area (Å²) in [6.45, 7) is 3.89. The van der Waals surface area contributed by atoms with Crippen molar-refractivity contribution in [1.82, 2.24) is 9.55 Å². The van der Waals surface area contributed by atoms with Gasteiger partial charge in [-0.15, -0.1) is 0 Å². The van der Waals surface area contributed by atoms with Gasteiger partial charge >= 0.3 is 5.97 Å². The van der Waals surface area contributed by atoms with Gasteiger partial charge in [0.1, 0.15) is 17.5 Å². The molecule has 0 bridgehead atoms. The first-order chi connectivity index (χ1) is 15.7. The molecule has 1 aromatic heterocycles. The highest BCUT2D eigenvalue weighted by molar-refractivity contribution is 5.80. The summed E-state index contributed by atoms with van der Waals surface area (Å²) in [5.74, 6) is -1.30. The molecular formula is C25H26F2N2O4. The monoisotopic (exact) mass is 456 g/mol. The standard InChI is InChI=1S/C25H26F2N2O4/c1-15(2)25-28-23(16-3-7-18(26)8-4-16)24(17-5-9-19(27)10-6-17)29(25)12-11-20(30)13-21(31)14-22(32)33/h3-12,15,20-21,30-31H,13-14H2,1-2H3,(H,32,33)/t20-,21-/m0/s1. The first-order valence-electron chi connectivity index (χ1n) is 10.6. The van der Waals surface area contributed by atoms with Crippen LogP contribution in [0.15, 0.2) is 54.6 Å². The highest BCUT2D eigenvalue weighted by Crippen LogP contribution is 2.35. The first-order valence-corrected chi connectivity index (χ1v) is 10.6. The van der Waals surface area contributed by atoms with Crippen molar-refractivity contribution >= 4 is 12.2 Å². The number of nitrogens with zero attached hydrogens (tertiary/aromatic N) is 2. The number of carbonyl (C=O) groups is 1. The Hall–Kier alpha value is -3.36. The molecule has 1 heterocycles. The minimum Gasteiger partial charge on any atom is -0.481 e. The molecule has 8 heteroatoms. The van der Waals surface area contributed by atoms with Crippen molar-refractivity contribution in [3.63, 3.8) is 0 Å². The van der Waals surface area contributed by atoms with Crippen molar-refractivity contribution in [1.29, 1.82) is 0 Å². The Labute approximate surface area is 190 Å². The van der Waals surface area contributed by atoms with Crippen LogP contribution < -0.4 is 0 Å². The zero-order chi connectivity index (χ0) is 24.1. The lowest BCUT2D eigenvalue weighted by Crippen LogP contribution is -2.19. The van der Waals surface area contributed by atoms with E-state index in [1.165, 1.54) is 30.3 Å². The van der Waals surface area contributed by atoms with E-state index < -0.39 is 30.4 Å². The van der Waals surface area contributed by atoms with Crippen molar-refractivity contribution in [3.05, 3.63) is 72.1 Å². The Balaban J connectivity index is 2.10. The van der Waals surface area contributed by atoms with E-state index >= 15 is 0 Å². The van der Waals surface area contributed by atoms with Crippen LogP contribution in [0.25, 0.3) is 28.7 Å². The number of carboxylic acid groups (broad SMARTS) is 1. The van der Waals surface area contributed by atoms with Gasteiger partial charge in [-0.25, -0.2) is 13.8 Å². The lowest BCUT2D eigenvalue weighted by atomic mass is 10.0. The van der Waals surface area contributed by atoms with Crippen molar-refractivity contribution in [3.8, 4) is 22.5 Å². The third kappa shape index (κ3) is 6.12. The van der Waals surface area contributed by atoms with E-state index in [4.69, 9.17) is 10.1 Å². The number of hydrogen-bond acceptors (Lipinski definition) is 4. The number of carboxylic acids is 1. The largest absolute Gasteiger partial charge is 0.481 e. The Kier molecular flexibility index (Phi) is 7.73. The fourth-order valence-electron chi connectivity index (χ4n) is 3.53. The van der Waals surface area contributed by atoms with Crippen molar-refractivity contribution in [2.24, 2.45) is 0 Å². The number of aliphatic hydroxyl groups excluding tert-OH is 2. The second-order valence-electron chi connectivity index (χ2n) is 8.10. The Morgan fingerprint density at radius 3 is 2.06 bits per heavy atom. The van der Waals surface area contributed by atoms with Gasteiger partial charge in [0.25, 0.3) is 0 Å². The summed E-state index contributed by atoms with van der Waals surface area (Å²) >= 11 is 0. The topological polar surface area (TPSA) is 95.6 Å². The Morgan fingerprint density at radius 1 is 1.00 bits per heavy atom. The number of halogens is 2. The van der Waals surface area contributed by atoms with Crippen LogP contribution in [0.3, 0.4) is 0 Å². The SMILES string of the molecule is CC(C)c1nc(-c2ccc(F)cc2)c(-c2ccc(F)cc2)n1C=C[C@H](O)C[C@H](O)CC(=O)O. The number of rotatable bonds is 9. The van der Waals surface area contributed by atoms with E-state index in [0.29, 0.717) is 28.3 Å². The van der Waals surface area contributed by atoms with Crippen LogP contribution in [0, 0.1) is 11.6 Å². The van der Waals surface area contributed by atoms with E-state index in [1.54, 1.807) is 35.0 Å². The van der Waals surface area contributed by atoms with Gasteiger partial charge in [-0.2, -0.15) is 0 Å². The van der Waals surface area contributed by atoms with Gasteiger partial charge in [-0.3, -0.25) is 4.79 Å². The molecule has 0 fully saturated rings. The summed E-state index contributed by atoms with van der Waals surface area (Å²) in [5.41, 5.74) is 2.53. The van der Waals surface area contributed by atoms with Gasteiger partial charge in [0.2, 0.25) is 0 Å². The predicted molar refractivity (Wildman–Crippen MR) is 121 cm³/mol. The maximum absolute atomic E-state index is 13.6. The Morgan fingerprint density at radius 2 is 1.55 bits per heavy atom. The van der Waals surface area contributed by atoms with Gasteiger partial charge in [0.05, 0.1) is 30.0 Å². The van der Waals surface area contributed by atoms with Crippen LogP contribution >= 0.6 is 0 Å². The maximum atomic E-state index is 13.6. The molecule has 33 heavy (non-hydrogen) atoms. The second kappa shape index (κ2) is 10.5. The molecule has 0 aliphatic heterocycles. The molecule has 2 atom stereocenters. The molecule has 3 N–H and O–H groups in total. The smallest absolute Gasteiger partial charge is 0.305 e. The van der Waals surface area contributed by atoms with Crippen LogP contribution in [-0.2, 0) is 4.79 Å². The fourth-order valence-corrected chi connectivity index (χ4v) is 3.53. The summed E-state index contributed by atoms with van der Waals surface area (Å²) in [4.78, 5) is 15.5. The fraction of sp³-hybridized carbons (Fsp3) is 0.280. The number of aromatic nitrogens is 2. The second-order valence-corrected chi connectivity index (χ2v) is 8.10. The molecule has 0 saturated carbocycles. The number of hydrogen-bond donors (Lipinski definition) is 3. The lowest BCUT2D eigenvalue weighted by molar-refractivity contribution is -0.139. The molecule has 3 aromatic rings. The minimum absolute atomic E-state index is 0.0298. The van der Waals surface area contributed by atoms with Crippen molar-refractivity contribution < 1.29 is 28.9 Å². The van der Waals surface area contributed by atoms with Gasteiger partial charge < -0.3 is 19.9 Å². The molecule has 0 aliphatic rings. The third-order valence-corrected chi connectivity index (χ3v) is 5.07. The van der Waals surface area contributed by atoms with E-state index in [-0.39, 0.29) is 18.2 Å². The number of benzene rings is 2. The van der Waals surface area contributed by atoms with Gasteiger partial charge in [-0.05, 0) is 54.6 Å². The Bertz CT molecular complexity index is 1120. The summed E-state index contributed by atoms with van der Waals surface area (Å²) < 4.78 is 28.9. The van der Waals surface area contributed by atoms with Gasteiger partial charge in [0.15, 0.2) is 0 Å². The average Bonchev–Trinajstić information content (AvgIpc) is 3.12. The first kappa shape index (κ1) is 24.3. The number of aliphatic carboxylic acids is 1. The summed E-state index contributed by atoms with van der Waals surface area (Å²) in [7, 11) is 0. The zero-order valence-electron chi connectivity index (χ0n) is 18.3. The highest BCUT2D eigenvalue weighted by Gasteiger charge is 2.21. The molecule has 0 amide bonds. The molecule has 174 valence electrons. The molecule has 0 aliphatic carbocycles. The van der Waals surface area contributed by atoms with E-state index in [0.717, 1.165) is 0 Å². The zero-order valence-corrected chi connectivity index (χ0v) is 18.3. The molecular weight excluding hydrogens is 430 g/mol. The maximum Gasteiger partial charge on any atom is 0.305 e. The van der Waals surface area contributed by atoms with Gasteiger partial charge in [-0.1, -0.05) is 13.8 Å². The van der Waals surface area contributed by atoms with Crippen LogP contribution in [0.4, 0.5) is 8.78 Å². The molecule has 0 saturated heterocycles. The molecule has 2 aromatic carbocycles. The van der Waals surface area contributed by atoms with Crippen LogP contribution in [-0.4, -0.2) is 43.0 Å². The van der Waals surface area contributed by atoms with Crippen LogP contribution in [0.1, 0.15) is 38.4 Å². The quantitative estimate of drug-likeness (QED) is 0.435. The normalized spacial score (nSPS) is 13.5. The van der Waals surface area contributed by atoms with Crippen molar-refractivity contribution in [2.75, 3.05) is 0 Å². The molecule has 6 nitrogen and oxygen atoms in total. The lowest BCUT2D eigenvalue weighted by Gasteiger charge is -2.13. The number of aliphatic hydroxyl groups is 2. The minimum atomic E-state index is -1.19. The molecule has 0 spiro atoms. The average molecular weight is 456 g/mol. The summed E-state index contributed by atoms with van der Waals surface area (Å²) in [6, 6.07) is 11.8. The van der Waals surface area contributed by atoms with Crippen LogP contribution in [0.2, 0.25) is 0 Å². The van der Waals surface area contributed by atoms with Crippen LogP contribution in [0.5, 0.6) is 0 Å². The van der Waals surface area contributed by atoms with E-state index in [1.807, 2.05) is 13.8 Å². The van der Waals surface area contributed by atoms with E-state index in [9.17, 15) is 23.8 Å². The highest BCUT2D eigenvalue weighted by atomic mass is 19.1. The third-order valence-electron chi connectivity index (χ3n) is 5.07. The molecule has 0 radical (unpaired) electrons. The van der Waals surface area contributed by atoms with Crippen molar-refractivity contribution in [2.45, 2.75) is 44.8 Å².